The first-order chi connectivity index (χ1) is 34.6. The van der Waals surface area contributed by atoms with Gasteiger partial charge in [-0.1, -0.05) is 24.3 Å². The normalized spacial score (nSPS) is 11.6. The lowest BCUT2D eigenvalue weighted by Crippen LogP contribution is -2.49. The van der Waals surface area contributed by atoms with Crippen LogP contribution < -0.4 is 52.8 Å². The minimum Gasteiger partial charge on any atom is -0.444 e. The van der Waals surface area contributed by atoms with Crippen LogP contribution in [-0.2, 0) is 43.6 Å². The molecule has 25 heteroatoms. The number of azo groups is 1. The van der Waals surface area contributed by atoms with E-state index in [1.165, 1.54) is 24.3 Å². The summed E-state index contributed by atoms with van der Waals surface area (Å²) < 4.78 is 38.6. The van der Waals surface area contributed by atoms with Gasteiger partial charge in [0, 0.05) is 61.4 Å². The Kier molecular flexibility index (Phi) is 22.0. The van der Waals surface area contributed by atoms with E-state index in [4.69, 9.17) is 4.74 Å². The van der Waals surface area contributed by atoms with Gasteiger partial charge >= 0.3 is 6.09 Å². The van der Waals surface area contributed by atoms with E-state index in [1.807, 2.05) is 43.3 Å². The molecule has 0 aliphatic carbocycles. The fourth-order valence-corrected chi connectivity index (χ4v) is 7.20. The molecule has 0 aromatic heterocycles. The molecule has 1 atom stereocenters. The maximum Gasteiger partial charge on any atom is 0.408 e. The molecular weight excluding hydrogens is 969 g/mol. The first kappa shape index (κ1) is 57.4. The lowest BCUT2D eigenvalue weighted by atomic mass is 10.1. The Morgan fingerprint density at radius 2 is 1.11 bits per heavy atom. The average molecular weight is 1030 g/mol. The number of alkyl carbamates (subject to hydrolysis) is 1. The second-order valence-electron chi connectivity index (χ2n) is 17.3. The van der Waals surface area contributed by atoms with Crippen molar-refractivity contribution in [2.45, 2.75) is 56.6 Å². The van der Waals surface area contributed by atoms with Crippen LogP contribution in [0.15, 0.2) is 100 Å². The molecule has 4 aromatic rings. The molecule has 4 rings (SSSR count). The number of ether oxygens (including phenoxy) is 1. The molecule has 0 unspecified atom stereocenters. The van der Waals surface area contributed by atoms with Crippen molar-refractivity contribution in [3.63, 3.8) is 0 Å². The van der Waals surface area contributed by atoms with Crippen LogP contribution in [0.25, 0.3) is 10.8 Å². The summed E-state index contributed by atoms with van der Waals surface area (Å²) in [6, 6.07) is 22.1. The Balaban J connectivity index is 1.06. The summed E-state index contributed by atoms with van der Waals surface area (Å²) in [4.78, 5) is 101. The number of nitrogens with one attached hydrogen (secondary N) is 9. The Morgan fingerprint density at radius 1 is 0.603 bits per heavy atom. The molecular formula is C48H62N12O12S. The maximum absolute atomic E-state index is 13.2. The molecule has 0 heterocycles. The largest absolute Gasteiger partial charge is 0.444 e. The first-order valence-electron chi connectivity index (χ1n) is 23.0. The fraction of sp³-hybridized carbons (Fsp3) is 0.375. The molecule has 0 radical (unpaired) electrons. The summed E-state index contributed by atoms with van der Waals surface area (Å²) in [6.07, 6.45) is 0.168. The lowest BCUT2D eigenvalue weighted by molar-refractivity contribution is -0.129. The van der Waals surface area contributed by atoms with Crippen molar-refractivity contribution in [3.05, 3.63) is 90.5 Å². The number of rotatable bonds is 26. The number of hydrogen-bond acceptors (Lipinski definition) is 15. The van der Waals surface area contributed by atoms with Crippen molar-refractivity contribution in [1.82, 2.24) is 42.5 Å². The van der Waals surface area contributed by atoms with E-state index in [1.54, 1.807) is 57.2 Å². The standard InChI is InChI=1S/C48H62N12O12S/c1-48(2,3)72-47(68)57-38(46(67)51-25-24-49-37-13-8-11-36-35(37)10-9-14-39(36)73(69,70)71)12-6-7-23-50-40(61)26-52-41(62)27-53-42(63)28-54-43(64)29-55-44(65)30-56-45(66)31-15-17-32(18-16-31)58-59-33-19-21-34(22-20-33)60(4)5/h8-11,13-22,38,49H,6-7,12,23-30H2,1-5H3,(H,50,61)(H,51,67)(H,52,62)(H,53,63)(H,54,64)(H,55,65)(H,56,66)(H,57,68)(H,69,70,71)/t38-/m0/s1. The molecule has 0 aliphatic heterocycles. The van der Waals surface area contributed by atoms with Gasteiger partial charge in [0.15, 0.2) is 0 Å². The van der Waals surface area contributed by atoms with Gasteiger partial charge in [0.05, 0.1) is 44.1 Å². The predicted molar refractivity (Wildman–Crippen MR) is 271 cm³/mol. The summed E-state index contributed by atoms with van der Waals surface area (Å²) in [7, 11) is -0.596. The van der Waals surface area contributed by atoms with E-state index >= 15 is 0 Å². The van der Waals surface area contributed by atoms with Gasteiger partial charge in [-0.25, -0.2) is 4.79 Å². The molecule has 0 spiro atoms. The number of carbonyl (C=O) groups excluding carboxylic acids is 8. The average Bonchev–Trinajstić information content (AvgIpc) is 3.34. The molecule has 392 valence electrons. The number of fused-ring (bicyclic) bond motifs is 1. The molecule has 24 nitrogen and oxygen atoms in total. The Labute approximate surface area is 422 Å². The number of nitrogens with zero attached hydrogens (tertiary/aromatic N) is 3. The minimum atomic E-state index is -4.46. The maximum atomic E-state index is 13.2. The van der Waals surface area contributed by atoms with Crippen LogP contribution in [0, 0.1) is 0 Å². The third kappa shape index (κ3) is 21.0. The van der Waals surface area contributed by atoms with Crippen LogP contribution in [-0.4, -0.2) is 139 Å². The van der Waals surface area contributed by atoms with Crippen LogP contribution in [0.5, 0.6) is 0 Å². The monoisotopic (exact) mass is 1030 g/mol. The zero-order valence-corrected chi connectivity index (χ0v) is 41.9. The zero-order valence-electron chi connectivity index (χ0n) is 41.1. The Hall–Kier alpha value is -8.19. The van der Waals surface area contributed by atoms with Gasteiger partial charge < -0.3 is 57.5 Å². The molecule has 10 N–H and O–H groups in total. The summed E-state index contributed by atoms with van der Waals surface area (Å²) in [5.74, 6) is -4.33. The number of anilines is 2. The zero-order chi connectivity index (χ0) is 53.6. The van der Waals surface area contributed by atoms with Gasteiger partial charge in [-0.05, 0) is 101 Å². The van der Waals surface area contributed by atoms with E-state index < -0.39 is 102 Å². The summed E-state index contributed by atoms with van der Waals surface area (Å²) in [6.45, 7) is 3.22. The topological polar surface area (TPSA) is 336 Å². The highest BCUT2D eigenvalue weighted by Crippen LogP contribution is 2.28. The smallest absolute Gasteiger partial charge is 0.408 e. The molecule has 0 saturated heterocycles. The number of amides is 8. The van der Waals surface area contributed by atoms with Crippen LogP contribution in [0.3, 0.4) is 0 Å². The third-order valence-electron chi connectivity index (χ3n) is 10.1. The second kappa shape index (κ2) is 28.0. The molecule has 0 fully saturated rings. The number of benzene rings is 4. The molecule has 0 saturated carbocycles. The first-order valence-corrected chi connectivity index (χ1v) is 24.4. The van der Waals surface area contributed by atoms with Crippen LogP contribution >= 0.6 is 0 Å². The van der Waals surface area contributed by atoms with Gasteiger partial charge in [0.2, 0.25) is 35.4 Å². The van der Waals surface area contributed by atoms with Gasteiger partial charge in [-0.2, -0.15) is 18.6 Å². The SMILES string of the molecule is CN(C)c1ccc(N=Nc2ccc(C(=O)NCC(=O)NCC(=O)NCC(=O)NCC(=O)NCC(=O)NCCCC[C@H](NC(=O)OC(C)(C)C)C(=O)NCCNc3cccc4c(S(=O)(=O)O)cccc34)cc2)cc1. The van der Waals surface area contributed by atoms with E-state index in [9.17, 15) is 51.3 Å². The van der Waals surface area contributed by atoms with Gasteiger partial charge in [0.1, 0.15) is 16.5 Å². The highest BCUT2D eigenvalue weighted by Gasteiger charge is 2.24. The Bertz CT molecular complexity index is 2730. The van der Waals surface area contributed by atoms with Crippen molar-refractivity contribution in [2.75, 3.05) is 76.7 Å². The van der Waals surface area contributed by atoms with E-state index in [0.29, 0.717) is 40.7 Å². The highest BCUT2D eigenvalue weighted by atomic mass is 32.2. The van der Waals surface area contributed by atoms with Crippen molar-refractivity contribution in [1.29, 1.82) is 0 Å². The van der Waals surface area contributed by atoms with Gasteiger partial charge in [0.25, 0.3) is 16.0 Å². The van der Waals surface area contributed by atoms with Crippen molar-refractivity contribution >= 4 is 91.1 Å². The van der Waals surface area contributed by atoms with Crippen molar-refractivity contribution in [2.24, 2.45) is 10.2 Å². The predicted octanol–water partition coefficient (Wildman–Crippen LogP) is 2.17. The van der Waals surface area contributed by atoms with Crippen LogP contribution in [0.4, 0.5) is 27.5 Å². The van der Waals surface area contributed by atoms with Gasteiger partial charge in [-0.3, -0.25) is 38.1 Å². The second-order valence-corrected chi connectivity index (χ2v) is 18.7. The minimum absolute atomic E-state index is 0.122. The molecule has 0 aliphatic rings. The highest BCUT2D eigenvalue weighted by molar-refractivity contribution is 7.86. The quantitative estimate of drug-likeness (QED) is 0.0245. The molecule has 0 bridgehead atoms. The summed E-state index contributed by atoms with van der Waals surface area (Å²) in [5, 5.41) is 32.0. The van der Waals surface area contributed by atoms with E-state index in [2.05, 4.69) is 58.1 Å². The summed E-state index contributed by atoms with van der Waals surface area (Å²) in [5.41, 5.74) is 2.20. The lowest BCUT2D eigenvalue weighted by Gasteiger charge is -2.23. The van der Waals surface area contributed by atoms with Crippen LogP contribution in [0.1, 0.15) is 50.4 Å². The van der Waals surface area contributed by atoms with E-state index in [-0.39, 0.29) is 36.5 Å². The Morgan fingerprint density at radius 3 is 1.64 bits per heavy atom. The van der Waals surface area contributed by atoms with Gasteiger partial charge in [-0.15, -0.1) is 0 Å². The van der Waals surface area contributed by atoms with Crippen LogP contribution in [0.2, 0.25) is 0 Å². The van der Waals surface area contributed by atoms with Crippen molar-refractivity contribution in [3.8, 4) is 0 Å². The summed E-state index contributed by atoms with van der Waals surface area (Å²) >= 11 is 0. The molecule has 4 aromatic carbocycles. The molecule has 73 heavy (non-hydrogen) atoms. The fourth-order valence-electron chi connectivity index (χ4n) is 6.49. The number of hydrogen-bond donors (Lipinski definition) is 10. The third-order valence-corrected chi connectivity index (χ3v) is 11.0. The van der Waals surface area contributed by atoms with Crippen molar-refractivity contribution < 1.29 is 56.1 Å². The van der Waals surface area contributed by atoms with E-state index in [0.717, 1.165) is 5.69 Å². The molecule has 8 amide bonds. The number of unbranched alkanes of at least 4 members (excludes halogenated alkanes) is 1. The number of carbonyl (C=O) groups is 8.